The zero-order chi connectivity index (χ0) is 13.5. The van der Waals surface area contributed by atoms with E-state index in [0.29, 0.717) is 0 Å². The molecule has 0 aromatic carbocycles. The van der Waals surface area contributed by atoms with Gasteiger partial charge in [-0.15, -0.1) is 10.2 Å². The van der Waals surface area contributed by atoms with Crippen molar-refractivity contribution in [2.45, 2.75) is 19.4 Å². The topological polar surface area (TPSA) is 81.1 Å². The average molecular weight is 270 g/mol. The van der Waals surface area contributed by atoms with Gasteiger partial charge in [-0.05, 0) is 6.42 Å². The number of aromatic nitrogens is 6. The number of hydrogen-bond acceptors (Lipinski definition) is 5. The van der Waals surface area contributed by atoms with E-state index in [9.17, 15) is 5.11 Å². The lowest BCUT2D eigenvalue weighted by atomic mass is 10.0. The van der Waals surface area contributed by atoms with Crippen LogP contribution in [0.5, 0.6) is 0 Å². The summed E-state index contributed by atoms with van der Waals surface area (Å²) in [7, 11) is 0. The van der Waals surface area contributed by atoms with Crippen molar-refractivity contribution in [2.24, 2.45) is 5.92 Å². The van der Waals surface area contributed by atoms with Gasteiger partial charge in [0.1, 0.15) is 5.82 Å². The summed E-state index contributed by atoms with van der Waals surface area (Å²) in [5, 5.41) is 22.2. The Balaban J connectivity index is 1.85. The van der Waals surface area contributed by atoms with Crippen molar-refractivity contribution < 1.29 is 5.11 Å². The highest BCUT2D eigenvalue weighted by Gasteiger charge is 2.24. The standard InChI is InChI=1S/C13H14N6O/c20-8-9-1-2-12-16-17-13(18(12)7-9)10-5-15-19-4-3-14-6-11(10)19/h3-6,9,20H,1-2,7-8H2. The van der Waals surface area contributed by atoms with E-state index >= 15 is 0 Å². The minimum atomic E-state index is 0.202. The van der Waals surface area contributed by atoms with Crippen molar-refractivity contribution in [3.63, 3.8) is 0 Å². The molecule has 0 radical (unpaired) electrons. The van der Waals surface area contributed by atoms with Gasteiger partial charge in [-0.3, -0.25) is 4.98 Å². The van der Waals surface area contributed by atoms with E-state index in [1.807, 2.05) is 6.20 Å². The first-order valence-corrected chi connectivity index (χ1v) is 6.67. The predicted molar refractivity (Wildman–Crippen MR) is 70.9 cm³/mol. The van der Waals surface area contributed by atoms with Crippen LogP contribution in [0.4, 0.5) is 0 Å². The molecule has 7 heteroatoms. The van der Waals surface area contributed by atoms with Gasteiger partial charge < -0.3 is 9.67 Å². The molecule has 1 unspecified atom stereocenters. The first-order valence-electron chi connectivity index (χ1n) is 6.67. The molecule has 0 aliphatic carbocycles. The Morgan fingerprint density at radius 2 is 2.25 bits per heavy atom. The Hall–Kier alpha value is -2.28. The second-order valence-corrected chi connectivity index (χ2v) is 5.10. The lowest BCUT2D eigenvalue weighted by Crippen LogP contribution is -2.23. The third-order valence-electron chi connectivity index (χ3n) is 3.87. The van der Waals surface area contributed by atoms with Gasteiger partial charge >= 0.3 is 0 Å². The molecule has 4 rings (SSSR count). The Bertz CT molecular complexity index is 761. The van der Waals surface area contributed by atoms with Gasteiger partial charge in [0.2, 0.25) is 0 Å². The molecular formula is C13H14N6O. The van der Waals surface area contributed by atoms with Crippen LogP contribution in [0.3, 0.4) is 0 Å². The van der Waals surface area contributed by atoms with E-state index in [2.05, 4.69) is 24.8 Å². The normalized spacial score (nSPS) is 18.4. The molecule has 0 bridgehead atoms. The van der Waals surface area contributed by atoms with Crippen LogP contribution >= 0.6 is 0 Å². The van der Waals surface area contributed by atoms with Crippen molar-refractivity contribution in [1.82, 2.24) is 29.4 Å². The van der Waals surface area contributed by atoms with E-state index in [0.717, 1.165) is 42.1 Å². The average Bonchev–Trinajstić information content (AvgIpc) is 3.09. The molecule has 0 fully saturated rings. The van der Waals surface area contributed by atoms with Gasteiger partial charge in [0.05, 0.1) is 23.5 Å². The van der Waals surface area contributed by atoms with E-state index in [4.69, 9.17) is 0 Å². The van der Waals surface area contributed by atoms with Gasteiger partial charge in [-0.25, -0.2) is 4.52 Å². The Morgan fingerprint density at radius 1 is 1.30 bits per heavy atom. The number of fused-ring (bicyclic) bond motifs is 2. The number of aliphatic hydroxyl groups excluding tert-OH is 1. The van der Waals surface area contributed by atoms with Crippen LogP contribution in [0.1, 0.15) is 12.2 Å². The molecule has 3 aromatic heterocycles. The molecule has 4 heterocycles. The minimum absolute atomic E-state index is 0.202. The van der Waals surface area contributed by atoms with Gasteiger partial charge in [0.15, 0.2) is 5.82 Å². The second-order valence-electron chi connectivity index (χ2n) is 5.10. The Labute approximate surface area is 114 Å². The molecule has 3 aromatic rings. The lowest BCUT2D eigenvalue weighted by Gasteiger charge is -2.22. The summed E-state index contributed by atoms with van der Waals surface area (Å²) in [5.74, 6) is 2.06. The van der Waals surface area contributed by atoms with E-state index in [1.165, 1.54) is 0 Å². The van der Waals surface area contributed by atoms with Crippen LogP contribution in [0, 0.1) is 5.92 Å². The highest BCUT2D eigenvalue weighted by molar-refractivity contribution is 5.75. The summed E-state index contributed by atoms with van der Waals surface area (Å²) < 4.78 is 3.87. The molecule has 0 spiro atoms. The van der Waals surface area contributed by atoms with Gasteiger partial charge in [0.25, 0.3) is 0 Å². The Kier molecular flexibility index (Phi) is 2.53. The fraction of sp³-hybridized carbons (Fsp3) is 0.385. The molecule has 1 N–H and O–H groups in total. The largest absolute Gasteiger partial charge is 0.396 e. The summed E-state index contributed by atoms with van der Waals surface area (Å²) in [6.45, 7) is 0.957. The molecule has 1 aliphatic rings. The smallest absolute Gasteiger partial charge is 0.167 e. The van der Waals surface area contributed by atoms with Crippen molar-refractivity contribution in [3.05, 3.63) is 30.6 Å². The zero-order valence-corrected chi connectivity index (χ0v) is 10.8. The number of aryl methyl sites for hydroxylation is 1. The van der Waals surface area contributed by atoms with Crippen LogP contribution in [0.2, 0.25) is 0 Å². The molecule has 0 saturated heterocycles. The molecule has 7 nitrogen and oxygen atoms in total. The van der Waals surface area contributed by atoms with Crippen molar-refractivity contribution >= 4 is 5.52 Å². The van der Waals surface area contributed by atoms with E-state index in [-0.39, 0.29) is 12.5 Å². The number of aliphatic hydroxyl groups is 1. The fourth-order valence-electron chi connectivity index (χ4n) is 2.75. The molecule has 102 valence electrons. The van der Waals surface area contributed by atoms with Crippen LogP contribution in [0.25, 0.3) is 16.9 Å². The molecule has 1 aliphatic heterocycles. The summed E-state index contributed by atoms with van der Waals surface area (Å²) in [4.78, 5) is 4.14. The van der Waals surface area contributed by atoms with Crippen LogP contribution < -0.4 is 0 Å². The van der Waals surface area contributed by atoms with Crippen molar-refractivity contribution in [3.8, 4) is 11.4 Å². The van der Waals surface area contributed by atoms with Crippen molar-refractivity contribution in [1.29, 1.82) is 0 Å². The minimum Gasteiger partial charge on any atom is -0.396 e. The molecule has 20 heavy (non-hydrogen) atoms. The second kappa shape index (κ2) is 4.38. The van der Waals surface area contributed by atoms with Gasteiger partial charge in [0, 0.05) is 37.9 Å². The van der Waals surface area contributed by atoms with Crippen molar-refractivity contribution in [2.75, 3.05) is 6.61 Å². The zero-order valence-electron chi connectivity index (χ0n) is 10.8. The molecule has 0 amide bonds. The summed E-state index contributed by atoms with van der Waals surface area (Å²) in [6.07, 6.45) is 8.89. The quantitative estimate of drug-likeness (QED) is 0.735. The number of nitrogens with zero attached hydrogens (tertiary/aromatic N) is 6. The lowest BCUT2D eigenvalue weighted by molar-refractivity contribution is 0.191. The predicted octanol–water partition coefficient (Wildman–Crippen LogP) is 0.542. The molecular weight excluding hydrogens is 256 g/mol. The van der Waals surface area contributed by atoms with E-state index < -0.39 is 0 Å². The number of rotatable bonds is 2. The maximum absolute atomic E-state index is 9.37. The van der Waals surface area contributed by atoms with Gasteiger partial charge in [-0.1, -0.05) is 0 Å². The van der Waals surface area contributed by atoms with Gasteiger partial charge in [-0.2, -0.15) is 5.10 Å². The SMILES string of the molecule is OCC1CCc2nnc(-c3cnn4ccncc34)n2C1. The summed E-state index contributed by atoms with van der Waals surface area (Å²) >= 11 is 0. The van der Waals surface area contributed by atoms with Crippen LogP contribution in [-0.4, -0.2) is 41.1 Å². The van der Waals surface area contributed by atoms with Crippen LogP contribution in [0.15, 0.2) is 24.8 Å². The maximum Gasteiger partial charge on any atom is 0.167 e. The highest BCUT2D eigenvalue weighted by atomic mass is 16.3. The highest BCUT2D eigenvalue weighted by Crippen LogP contribution is 2.27. The number of hydrogen-bond donors (Lipinski definition) is 1. The van der Waals surface area contributed by atoms with E-state index in [1.54, 1.807) is 23.1 Å². The Morgan fingerprint density at radius 3 is 3.15 bits per heavy atom. The maximum atomic E-state index is 9.37. The summed E-state index contributed by atoms with van der Waals surface area (Å²) in [6, 6.07) is 0. The summed E-state index contributed by atoms with van der Waals surface area (Å²) in [5.41, 5.74) is 1.84. The third kappa shape index (κ3) is 1.63. The van der Waals surface area contributed by atoms with Crippen LogP contribution in [-0.2, 0) is 13.0 Å². The molecule has 1 atom stereocenters. The first-order chi connectivity index (χ1) is 9.86. The fourth-order valence-corrected chi connectivity index (χ4v) is 2.75. The third-order valence-corrected chi connectivity index (χ3v) is 3.87. The monoisotopic (exact) mass is 270 g/mol. The first kappa shape index (κ1) is 11.5. The molecule has 0 saturated carbocycles.